The van der Waals surface area contributed by atoms with Gasteiger partial charge in [0.15, 0.2) is 0 Å². The normalized spacial score (nSPS) is 12.4. The van der Waals surface area contributed by atoms with E-state index in [0.717, 1.165) is 22.0 Å². The predicted octanol–water partition coefficient (Wildman–Crippen LogP) is 4.70. The molecule has 5 heteroatoms. The number of hydrogen-bond donors (Lipinski definition) is 1. The molecule has 0 aliphatic rings. The van der Waals surface area contributed by atoms with Crippen molar-refractivity contribution >= 4 is 23.4 Å². The molecule has 20 heavy (non-hydrogen) atoms. The zero-order valence-electron chi connectivity index (χ0n) is 11.4. The number of halogens is 2. The van der Waals surface area contributed by atoms with Gasteiger partial charge in [0, 0.05) is 17.1 Å². The van der Waals surface area contributed by atoms with Crippen molar-refractivity contribution in [3.05, 3.63) is 52.9 Å². The highest BCUT2D eigenvalue weighted by atomic mass is 35.5. The maximum absolute atomic E-state index is 13.5. The second kappa shape index (κ2) is 7.07. The number of nitrogens with zero attached hydrogens (tertiary/aromatic N) is 1. The number of benzene rings is 1. The van der Waals surface area contributed by atoms with Gasteiger partial charge in [-0.2, -0.15) is 0 Å². The first-order valence-corrected chi connectivity index (χ1v) is 7.62. The van der Waals surface area contributed by atoms with Crippen molar-refractivity contribution in [1.29, 1.82) is 0 Å². The summed E-state index contributed by atoms with van der Waals surface area (Å²) in [4.78, 5) is 5.25. The molecule has 0 spiro atoms. The highest BCUT2D eigenvalue weighted by Crippen LogP contribution is 2.33. The number of nitrogens with one attached hydrogen (secondary N) is 1. The van der Waals surface area contributed by atoms with Gasteiger partial charge >= 0.3 is 0 Å². The van der Waals surface area contributed by atoms with Crippen LogP contribution in [0.3, 0.4) is 0 Å². The Bertz CT molecular complexity index is 575. The van der Waals surface area contributed by atoms with E-state index in [1.54, 1.807) is 24.4 Å². The lowest BCUT2D eigenvalue weighted by Gasteiger charge is -2.16. The van der Waals surface area contributed by atoms with E-state index in [0.29, 0.717) is 5.02 Å². The maximum Gasteiger partial charge on any atom is 0.123 e. The first kappa shape index (κ1) is 15.3. The van der Waals surface area contributed by atoms with Crippen LogP contribution >= 0.6 is 23.4 Å². The fourth-order valence-corrected chi connectivity index (χ4v) is 2.97. The summed E-state index contributed by atoms with van der Waals surface area (Å²) < 4.78 is 13.5. The second-order valence-electron chi connectivity index (χ2n) is 4.38. The molecular formula is C15H16ClFN2S. The van der Waals surface area contributed by atoms with Crippen LogP contribution in [0, 0.1) is 5.82 Å². The van der Waals surface area contributed by atoms with Crippen LogP contribution in [-0.4, -0.2) is 11.5 Å². The van der Waals surface area contributed by atoms with Crippen molar-refractivity contribution in [2.24, 2.45) is 0 Å². The van der Waals surface area contributed by atoms with Gasteiger partial charge < -0.3 is 5.32 Å². The largest absolute Gasteiger partial charge is 0.310 e. The van der Waals surface area contributed by atoms with Crippen LogP contribution < -0.4 is 5.32 Å². The zero-order chi connectivity index (χ0) is 14.5. The average Bonchev–Trinajstić information content (AvgIpc) is 2.43. The minimum absolute atomic E-state index is 0.0884. The van der Waals surface area contributed by atoms with Crippen LogP contribution in [0.2, 0.25) is 5.02 Å². The van der Waals surface area contributed by atoms with E-state index in [2.05, 4.69) is 10.3 Å². The molecule has 1 atom stereocenters. The molecule has 1 aromatic heterocycles. The van der Waals surface area contributed by atoms with Crippen LogP contribution in [0.15, 0.2) is 46.5 Å². The van der Waals surface area contributed by atoms with Crippen molar-refractivity contribution < 1.29 is 4.39 Å². The van der Waals surface area contributed by atoms with E-state index in [1.165, 1.54) is 17.8 Å². The quantitative estimate of drug-likeness (QED) is 0.866. The number of pyridine rings is 1. The number of rotatable bonds is 5. The first-order valence-electron chi connectivity index (χ1n) is 6.42. The van der Waals surface area contributed by atoms with Crippen molar-refractivity contribution in [2.75, 3.05) is 6.54 Å². The second-order valence-corrected chi connectivity index (χ2v) is 5.88. The lowest BCUT2D eigenvalue weighted by atomic mass is 10.1. The van der Waals surface area contributed by atoms with Crippen LogP contribution in [-0.2, 0) is 0 Å². The summed E-state index contributed by atoms with van der Waals surface area (Å²) in [6.45, 7) is 4.89. The molecule has 106 valence electrons. The van der Waals surface area contributed by atoms with Gasteiger partial charge in [0.05, 0.1) is 5.02 Å². The zero-order valence-corrected chi connectivity index (χ0v) is 12.9. The minimum atomic E-state index is -0.224. The molecule has 0 radical (unpaired) electrons. The summed E-state index contributed by atoms with van der Waals surface area (Å²) >= 11 is 7.34. The number of aromatic nitrogens is 1. The Labute approximate surface area is 127 Å². The van der Waals surface area contributed by atoms with Crippen molar-refractivity contribution in [3.8, 4) is 0 Å². The summed E-state index contributed by atoms with van der Waals surface area (Å²) in [5.74, 6) is -0.224. The molecule has 0 saturated carbocycles. The Morgan fingerprint density at radius 3 is 2.80 bits per heavy atom. The smallest absolute Gasteiger partial charge is 0.123 e. The highest BCUT2D eigenvalue weighted by Gasteiger charge is 2.12. The molecule has 1 unspecified atom stereocenters. The van der Waals surface area contributed by atoms with Crippen LogP contribution in [0.25, 0.3) is 0 Å². The Kier molecular flexibility index (Phi) is 5.40. The monoisotopic (exact) mass is 310 g/mol. The van der Waals surface area contributed by atoms with Crippen LogP contribution in [0.5, 0.6) is 0 Å². The van der Waals surface area contributed by atoms with E-state index in [1.807, 2.05) is 19.9 Å². The molecule has 0 amide bonds. The Morgan fingerprint density at radius 2 is 2.15 bits per heavy atom. The molecule has 1 heterocycles. The molecule has 1 N–H and O–H groups in total. The molecule has 1 aromatic carbocycles. The summed E-state index contributed by atoms with van der Waals surface area (Å²) in [6.07, 6.45) is 1.61. The predicted molar refractivity (Wildman–Crippen MR) is 81.9 cm³/mol. The highest BCUT2D eigenvalue weighted by molar-refractivity contribution is 7.99. The molecular weight excluding hydrogens is 295 g/mol. The van der Waals surface area contributed by atoms with E-state index >= 15 is 0 Å². The summed E-state index contributed by atoms with van der Waals surface area (Å²) in [6, 6.07) is 8.59. The standard InChI is InChI=1S/C15H16ClFN2S/c1-3-18-10(2)13-8-12(17)5-6-14(13)20-15-7-4-11(16)9-19-15/h4-10,18H,3H2,1-2H3. The molecule has 2 nitrogen and oxygen atoms in total. The van der Waals surface area contributed by atoms with E-state index in [9.17, 15) is 4.39 Å². The third kappa shape index (κ3) is 3.95. The van der Waals surface area contributed by atoms with Gasteiger partial charge in [-0.3, -0.25) is 0 Å². The summed E-state index contributed by atoms with van der Waals surface area (Å²) in [5.41, 5.74) is 0.939. The molecule has 2 aromatic rings. The van der Waals surface area contributed by atoms with Crippen LogP contribution in [0.1, 0.15) is 25.5 Å². The number of hydrogen-bond acceptors (Lipinski definition) is 3. The Balaban J connectivity index is 2.28. The summed E-state index contributed by atoms with van der Waals surface area (Å²) in [5, 5.41) is 4.75. The van der Waals surface area contributed by atoms with Gasteiger partial charge in [-0.25, -0.2) is 9.37 Å². The Morgan fingerprint density at radius 1 is 1.35 bits per heavy atom. The fraction of sp³-hybridized carbons (Fsp3) is 0.267. The maximum atomic E-state index is 13.5. The fourth-order valence-electron chi connectivity index (χ4n) is 1.90. The SMILES string of the molecule is CCNC(C)c1cc(F)ccc1Sc1ccc(Cl)cn1. The minimum Gasteiger partial charge on any atom is -0.310 e. The lowest BCUT2D eigenvalue weighted by molar-refractivity contribution is 0.574. The van der Waals surface area contributed by atoms with Gasteiger partial charge in [-0.1, -0.05) is 30.3 Å². The molecule has 0 bridgehead atoms. The first-order chi connectivity index (χ1) is 9.60. The van der Waals surface area contributed by atoms with Gasteiger partial charge in [0.25, 0.3) is 0 Å². The van der Waals surface area contributed by atoms with Crippen molar-refractivity contribution in [1.82, 2.24) is 10.3 Å². The lowest BCUT2D eigenvalue weighted by Crippen LogP contribution is -2.18. The molecule has 2 rings (SSSR count). The molecule has 0 fully saturated rings. The molecule has 0 aliphatic heterocycles. The topological polar surface area (TPSA) is 24.9 Å². The molecule has 0 saturated heterocycles. The van der Waals surface area contributed by atoms with Gasteiger partial charge in [0.1, 0.15) is 10.8 Å². The van der Waals surface area contributed by atoms with E-state index in [4.69, 9.17) is 11.6 Å². The van der Waals surface area contributed by atoms with Crippen molar-refractivity contribution in [2.45, 2.75) is 29.8 Å². The van der Waals surface area contributed by atoms with E-state index < -0.39 is 0 Å². The van der Waals surface area contributed by atoms with Crippen molar-refractivity contribution in [3.63, 3.8) is 0 Å². The van der Waals surface area contributed by atoms with Gasteiger partial charge in [-0.05, 0) is 49.4 Å². The summed E-state index contributed by atoms with van der Waals surface area (Å²) in [7, 11) is 0. The van der Waals surface area contributed by atoms with E-state index in [-0.39, 0.29) is 11.9 Å². The average molecular weight is 311 g/mol. The third-order valence-corrected chi connectivity index (χ3v) is 4.13. The van der Waals surface area contributed by atoms with Crippen LogP contribution in [0.4, 0.5) is 4.39 Å². The third-order valence-electron chi connectivity index (χ3n) is 2.86. The molecule has 0 aliphatic carbocycles. The van der Waals surface area contributed by atoms with Gasteiger partial charge in [0.2, 0.25) is 0 Å². The Hall–Kier alpha value is -1.10. The van der Waals surface area contributed by atoms with Gasteiger partial charge in [-0.15, -0.1) is 0 Å².